The summed E-state index contributed by atoms with van der Waals surface area (Å²) in [5, 5.41) is 2.72. The molecule has 2 aromatic heterocycles. The number of benzene rings is 2. The van der Waals surface area contributed by atoms with Crippen molar-refractivity contribution in [3.8, 4) is 0 Å². The molecule has 6 heteroatoms. The minimum absolute atomic E-state index is 0.101. The molecule has 1 amide bonds. The van der Waals surface area contributed by atoms with E-state index in [1.54, 1.807) is 40.9 Å². The van der Waals surface area contributed by atoms with Gasteiger partial charge in [0.1, 0.15) is 11.5 Å². The number of halogens is 1. The Hall–Kier alpha value is -3.93. The molecule has 2 heterocycles. The number of hydrogen-bond acceptors (Lipinski definition) is 3. The monoisotopic (exact) mass is 415 g/mol. The highest BCUT2D eigenvalue weighted by Crippen LogP contribution is 2.29. The van der Waals surface area contributed by atoms with Crippen molar-refractivity contribution in [3.63, 3.8) is 0 Å². The van der Waals surface area contributed by atoms with Crippen molar-refractivity contribution in [2.75, 3.05) is 11.1 Å². The lowest BCUT2D eigenvalue weighted by atomic mass is 9.99. The number of carbonyl (C=O) groups excluding carboxylic acids is 2. The molecule has 4 aromatic rings. The number of nitrogens with one attached hydrogen (secondary N) is 1. The highest BCUT2D eigenvalue weighted by atomic mass is 19.1. The lowest BCUT2D eigenvalue weighted by molar-refractivity contribution is 0.102. The second kappa shape index (κ2) is 8.07. The normalized spacial score (nSPS) is 11.1. The Morgan fingerprint density at radius 3 is 2.29 bits per heavy atom. The first-order chi connectivity index (χ1) is 14.9. The fourth-order valence-corrected chi connectivity index (χ4v) is 3.58. The van der Waals surface area contributed by atoms with Crippen LogP contribution in [0.2, 0.25) is 0 Å². The number of pyridine rings is 1. The fourth-order valence-electron chi connectivity index (χ4n) is 3.58. The quantitative estimate of drug-likeness (QED) is 0.436. The van der Waals surface area contributed by atoms with Gasteiger partial charge in [-0.3, -0.25) is 9.59 Å². The molecular weight excluding hydrogens is 393 g/mol. The molecule has 0 radical (unpaired) electrons. The zero-order chi connectivity index (χ0) is 22.1. The topological polar surface area (TPSA) is 76.6 Å². The van der Waals surface area contributed by atoms with Crippen LogP contribution in [0.5, 0.6) is 0 Å². The Morgan fingerprint density at radius 2 is 1.65 bits per heavy atom. The second-order valence-electron chi connectivity index (χ2n) is 7.66. The van der Waals surface area contributed by atoms with Crippen LogP contribution in [0.4, 0.5) is 15.8 Å². The molecule has 0 bridgehead atoms. The van der Waals surface area contributed by atoms with Crippen molar-refractivity contribution >= 4 is 28.6 Å². The summed E-state index contributed by atoms with van der Waals surface area (Å²) in [5.41, 5.74) is 9.45. The summed E-state index contributed by atoms with van der Waals surface area (Å²) in [6, 6.07) is 18.1. The summed E-state index contributed by atoms with van der Waals surface area (Å²) >= 11 is 0. The van der Waals surface area contributed by atoms with Crippen LogP contribution in [0.1, 0.15) is 51.7 Å². The molecule has 5 nitrogen and oxygen atoms in total. The maximum absolute atomic E-state index is 13.3. The van der Waals surface area contributed by atoms with E-state index in [1.165, 1.54) is 24.3 Å². The van der Waals surface area contributed by atoms with E-state index in [0.29, 0.717) is 22.7 Å². The minimum Gasteiger partial charge on any atom is -0.396 e. The predicted molar refractivity (Wildman–Crippen MR) is 120 cm³/mol. The average molecular weight is 415 g/mol. The Bertz CT molecular complexity index is 1270. The molecule has 156 valence electrons. The third-order valence-electron chi connectivity index (χ3n) is 5.27. The fraction of sp³-hybridized carbons (Fsp3) is 0.120. The van der Waals surface area contributed by atoms with Gasteiger partial charge in [0.2, 0.25) is 5.78 Å². The number of fused-ring (bicyclic) bond motifs is 1. The number of aromatic nitrogens is 1. The molecule has 4 rings (SSSR count). The standard InChI is InChI=1S/C25H22FN3O2/c1-15(2)16-6-8-17(9-7-16)24(30)23-22(27)21(20-5-3-4-14-29(20)23)25(31)28-19-12-10-18(26)11-13-19/h3-15H,27H2,1-2H3,(H,28,31). The van der Waals surface area contributed by atoms with E-state index in [-0.39, 0.29) is 22.7 Å². The molecule has 3 N–H and O–H groups in total. The smallest absolute Gasteiger partial charge is 0.259 e. The van der Waals surface area contributed by atoms with Gasteiger partial charge in [-0.25, -0.2) is 4.39 Å². The molecule has 0 aliphatic rings. The second-order valence-corrected chi connectivity index (χ2v) is 7.66. The zero-order valence-electron chi connectivity index (χ0n) is 17.2. The first-order valence-corrected chi connectivity index (χ1v) is 9.97. The molecular formula is C25H22FN3O2. The average Bonchev–Trinajstić information content (AvgIpc) is 3.06. The number of nitrogens with two attached hydrogens (primary N) is 1. The number of nitrogens with zero attached hydrogens (tertiary/aromatic N) is 1. The third-order valence-corrected chi connectivity index (χ3v) is 5.27. The summed E-state index contributed by atoms with van der Waals surface area (Å²) in [4.78, 5) is 26.3. The first-order valence-electron chi connectivity index (χ1n) is 9.97. The number of rotatable bonds is 5. The molecule has 2 aromatic carbocycles. The summed E-state index contributed by atoms with van der Waals surface area (Å²) in [6.45, 7) is 4.17. The van der Waals surface area contributed by atoms with E-state index in [2.05, 4.69) is 19.2 Å². The van der Waals surface area contributed by atoms with Gasteiger partial charge in [-0.05, 0) is 47.9 Å². The largest absolute Gasteiger partial charge is 0.396 e. The van der Waals surface area contributed by atoms with Crippen LogP contribution in [0, 0.1) is 5.82 Å². The molecule has 0 atom stereocenters. The van der Waals surface area contributed by atoms with Crippen LogP contribution in [0.15, 0.2) is 72.9 Å². The molecule has 0 saturated heterocycles. The Kier molecular flexibility index (Phi) is 5.29. The molecule has 0 saturated carbocycles. The maximum Gasteiger partial charge on any atom is 0.259 e. The van der Waals surface area contributed by atoms with E-state index >= 15 is 0 Å². The van der Waals surface area contributed by atoms with E-state index in [0.717, 1.165) is 5.56 Å². The summed E-state index contributed by atoms with van der Waals surface area (Å²) in [6.07, 6.45) is 1.70. The van der Waals surface area contributed by atoms with E-state index in [9.17, 15) is 14.0 Å². The van der Waals surface area contributed by atoms with Gasteiger partial charge in [0.05, 0.1) is 16.8 Å². The lowest BCUT2D eigenvalue weighted by Gasteiger charge is -2.07. The van der Waals surface area contributed by atoms with Gasteiger partial charge in [-0.2, -0.15) is 0 Å². The Labute approximate surface area is 179 Å². The molecule has 0 fully saturated rings. The van der Waals surface area contributed by atoms with Gasteiger partial charge in [0, 0.05) is 17.4 Å². The number of carbonyl (C=O) groups is 2. The van der Waals surface area contributed by atoms with Crippen LogP contribution in [-0.2, 0) is 0 Å². The molecule has 0 aliphatic heterocycles. The van der Waals surface area contributed by atoms with Crippen LogP contribution in [0.3, 0.4) is 0 Å². The van der Waals surface area contributed by atoms with Gasteiger partial charge in [-0.15, -0.1) is 0 Å². The van der Waals surface area contributed by atoms with Gasteiger partial charge < -0.3 is 15.5 Å². The number of anilines is 2. The van der Waals surface area contributed by atoms with Crippen molar-refractivity contribution in [2.24, 2.45) is 0 Å². The number of hydrogen-bond donors (Lipinski definition) is 2. The summed E-state index contributed by atoms with van der Waals surface area (Å²) in [5.74, 6) is -0.787. The highest BCUT2D eigenvalue weighted by molar-refractivity contribution is 6.20. The van der Waals surface area contributed by atoms with Crippen LogP contribution < -0.4 is 11.1 Å². The molecule has 0 spiro atoms. The minimum atomic E-state index is -0.470. The maximum atomic E-state index is 13.3. The molecule has 0 aliphatic carbocycles. The van der Waals surface area contributed by atoms with Gasteiger partial charge in [-0.1, -0.05) is 44.2 Å². The van der Waals surface area contributed by atoms with Crippen LogP contribution in [-0.4, -0.2) is 16.1 Å². The van der Waals surface area contributed by atoms with Gasteiger partial charge >= 0.3 is 0 Å². The van der Waals surface area contributed by atoms with Gasteiger partial charge in [0.15, 0.2) is 0 Å². The number of ketones is 1. The van der Waals surface area contributed by atoms with Crippen molar-refractivity contribution in [1.29, 1.82) is 0 Å². The summed E-state index contributed by atoms with van der Waals surface area (Å²) in [7, 11) is 0. The SMILES string of the molecule is CC(C)c1ccc(C(=O)c2c(N)c(C(=O)Nc3ccc(F)cc3)c3ccccn23)cc1. The van der Waals surface area contributed by atoms with E-state index in [1.807, 2.05) is 12.1 Å². The van der Waals surface area contributed by atoms with Crippen molar-refractivity contribution in [1.82, 2.24) is 4.40 Å². The van der Waals surface area contributed by atoms with Gasteiger partial charge in [0.25, 0.3) is 5.91 Å². The predicted octanol–water partition coefficient (Wildman–Crippen LogP) is 5.27. The number of nitrogen functional groups attached to an aromatic ring is 1. The first kappa shape index (κ1) is 20.3. The third kappa shape index (κ3) is 3.80. The summed E-state index contributed by atoms with van der Waals surface area (Å²) < 4.78 is 14.8. The van der Waals surface area contributed by atoms with Crippen LogP contribution in [0.25, 0.3) is 5.52 Å². The van der Waals surface area contributed by atoms with Crippen molar-refractivity contribution in [2.45, 2.75) is 19.8 Å². The lowest BCUT2D eigenvalue weighted by Crippen LogP contribution is -2.14. The van der Waals surface area contributed by atoms with E-state index in [4.69, 9.17) is 5.73 Å². The highest BCUT2D eigenvalue weighted by Gasteiger charge is 2.26. The Balaban J connectivity index is 1.77. The van der Waals surface area contributed by atoms with E-state index < -0.39 is 11.7 Å². The van der Waals surface area contributed by atoms with Crippen LogP contribution >= 0.6 is 0 Å². The number of amides is 1. The van der Waals surface area contributed by atoms with Crippen molar-refractivity contribution in [3.05, 3.63) is 101 Å². The zero-order valence-corrected chi connectivity index (χ0v) is 17.2. The molecule has 0 unspecified atom stereocenters. The Morgan fingerprint density at radius 1 is 0.968 bits per heavy atom. The van der Waals surface area contributed by atoms with Crippen molar-refractivity contribution < 1.29 is 14.0 Å². The molecule has 31 heavy (non-hydrogen) atoms.